The van der Waals surface area contributed by atoms with Crippen LogP contribution in [0.3, 0.4) is 0 Å². The summed E-state index contributed by atoms with van der Waals surface area (Å²) in [7, 11) is 0. The first-order chi connectivity index (χ1) is 8.84. The lowest BCUT2D eigenvalue weighted by molar-refractivity contribution is -0.124. The minimum atomic E-state index is 0.136. The number of ether oxygens (including phenoxy) is 1. The molecule has 2 aliphatic rings. The number of carbonyl (C=O) groups is 1. The quantitative estimate of drug-likeness (QED) is 0.727. The highest BCUT2D eigenvalue weighted by molar-refractivity contribution is 5.76. The van der Waals surface area contributed by atoms with Crippen molar-refractivity contribution in [1.29, 1.82) is 0 Å². The molecule has 0 radical (unpaired) electrons. The molecule has 0 bridgehead atoms. The van der Waals surface area contributed by atoms with Crippen molar-refractivity contribution < 1.29 is 9.53 Å². The molecule has 1 atom stereocenters. The van der Waals surface area contributed by atoms with Gasteiger partial charge in [0, 0.05) is 19.7 Å². The fourth-order valence-electron chi connectivity index (χ4n) is 2.51. The van der Waals surface area contributed by atoms with Gasteiger partial charge in [0.25, 0.3) is 0 Å². The van der Waals surface area contributed by atoms with E-state index in [1.54, 1.807) is 0 Å². The van der Waals surface area contributed by atoms with Crippen LogP contribution < -0.4 is 10.6 Å². The minimum absolute atomic E-state index is 0.136. The molecule has 1 amide bonds. The average Bonchev–Trinajstić information content (AvgIpc) is 2.41. The van der Waals surface area contributed by atoms with Crippen molar-refractivity contribution in [3.05, 3.63) is 11.6 Å². The summed E-state index contributed by atoms with van der Waals surface area (Å²) in [6.45, 7) is 3.62. The van der Waals surface area contributed by atoms with Gasteiger partial charge in [-0.05, 0) is 38.6 Å². The summed E-state index contributed by atoms with van der Waals surface area (Å²) in [5.74, 6) is 0.136. The van der Waals surface area contributed by atoms with Crippen LogP contribution in [-0.4, -0.2) is 38.3 Å². The molecule has 2 rings (SSSR count). The van der Waals surface area contributed by atoms with Gasteiger partial charge < -0.3 is 15.4 Å². The van der Waals surface area contributed by atoms with Gasteiger partial charge in [-0.3, -0.25) is 4.79 Å². The van der Waals surface area contributed by atoms with Crippen LogP contribution in [0.4, 0.5) is 0 Å². The van der Waals surface area contributed by atoms with E-state index in [-0.39, 0.29) is 12.0 Å². The first-order valence-corrected chi connectivity index (χ1v) is 7.11. The van der Waals surface area contributed by atoms with Crippen LogP contribution in [0, 0.1) is 0 Å². The van der Waals surface area contributed by atoms with Gasteiger partial charge in [-0.15, -0.1) is 0 Å². The molecular formula is C14H24N2O2. The van der Waals surface area contributed by atoms with Crippen LogP contribution >= 0.6 is 0 Å². The van der Waals surface area contributed by atoms with Crippen LogP contribution in [-0.2, 0) is 9.53 Å². The molecule has 2 N–H and O–H groups in total. The summed E-state index contributed by atoms with van der Waals surface area (Å²) in [4.78, 5) is 11.7. The molecule has 2 aliphatic heterocycles. The molecular weight excluding hydrogens is 228 g/mol. The third-order valence-corrected chi connectivity index (χ3v) is 3.61. The van der Waals surface area contributed by atoms with E-state index >= 15 is 0 Å². The summed E-state index contributed by atoms with van der Waals surface area (Å²) in [5, 5.41) is 6.28. The molecule has 4 nitrogen and oxygen atoms in total. The molecule has 0 aliphatic carbocycles. The molecule has 0 aromatic heterocycles. The average molecular weight is 252 g/mol. The fourth-order valence-corrected chi connectivity index (χ4v) is 2.51. The van der Waals surface area contributed by atoms with Crippen molar-refractivity contribution in [3.8, 4) is 0 Å². The molecule has 0 saturated carbocycles. The zero-order valence-electron chi connectivity index (χ0n) is 11.0. The lowest BCUT2D eigenvalue weighted by atomic mass is 10.1. The summed E-state index contributed by atoms with van der Waals surface area (Å²) < 4.78 is 5.56. The molecule has 2 heterocycles. The predicted octanol–water partition coefficient (Wildman–Crippen LogP) is 1.37. The van der Waals surface area contributed by atoms with E-state index < -0.39 is 0 Å². The van der Waals surface area contributed by atoms with Gasteiger partial charge in [-0.2, -0.15) is 0 Å². The minimum Gasteiger partial charge on any atom is -0.378 e. The predicted molar refractivity (Wildman–Crippen MR) is 71.4 cm³/mol. The smallest absolute Gasteiger partial charge is 0.222 e. The van der Waals surface area contributed by atoms with E-state index in [9.17, 15) is 4.79 Å². The van der Waals surface area contributed by atoms with Gasteiger partial charge >= 0.3 is 0 Å². The molecule has 4 heteroatoms. The van der Waals surface area contributed by atoms with Crippen LogP contribution in [0.25, 0.3) is 0 Å². The Morgan fingerprint density at radius 2 is 2.44 bits per heavy atom. The van der Waals surface area contributed by atoms with Gasteiger partial charge in [0.1, 0.15) is 0 Å². The second-order valence-corrected chi connectivity index (χ2v) is 5.11. The first-order valence-electron chi connectivity index (χ1n) is 7.11. The summed E-state index contributed by atoms with van der Waals surface area (Å²) in [6, 6.07) is 0. The Balaban J connectivity index is 1.57. The number of hydrogen-bond acceptors (Lipinski definition) is 3. The Labute approximate surface area is 109 Å². The van der Waals surface area contributed by atoms with Crippen LogP contribution in [0.5, 0.6) is 0 Å². The monoisotopic (exact) mass is 252 g/mol. The largest absolute Gasteiger partial charge is 0.378 e. The molecule has 102 valence electrons. The highest BCUT2D eigenvalue weighted by Crippen LogP contribution is 2.15. The van der Waals surface area contributed by atoms with Crippen molar-refractivity contribution in [2.24, 2.45) is 0 Å². The lowest BCUT2D eigenvalue weighted by Crippen LogP contribution is -2.31. The van der Waals surface area contributed by atoms with E-state index in [1.807, 2.05) is 0 Å². The van der Waals surface area contributed by atoms with E-state index in [0.717, 1.165) is 51.9 Å². The van der Waals surface area contributed by atoms with Crippen molar-refractivity contribution in [1.82, 2.24) is 10.6 Å². The lowest BCUT2D eigenvalue weighted by Gasteiger charge is -2.22. The summed E-state index contributed by atoms with van der Waals surface area (Å²) >= 11 is 0. The van der Waals surface area contributed by atoms with Gasteiger partial charge in [0.15, 0.2) is 0 Å². The van der Waals surface area contributed by atoms with Crippen molar-refractivity contribution in [2.45, 2.75) is 44.6 Å². The van der Waals surface area contributed by atoms with Gasteiger partial charge in [-0.25, -0.2) is 0 Å². The molecule has 0 aromatic carbocycles. The maximum absolute atomic E-state index is 11.7. The molecule has 1 fully saturated rings. The Kier molecular flexibility index (Phi) is 5.68. The third kappa shape index (κ3) is 4.78. The molecule has 0 aromatic rings. The first kappa shape index (κ1) is 13.6. The second kappa shape index (κ2) is 7.54. The van der Waals surface area contributed by atoms with Gasteiger partial charge in [-0.1, -0.05) is 11.6 Å². The molecule has 18 heavy (non-hydrogen) atoms. The normalized spacial score (nSPS) is 24.4. The van der Waals surface area contributed by atoms with E-state index in [1.165, 1.54) is 12.0 Å². The van der Waals surface area contributed by atoms with Crippen molar-refractivity contribution >= 4 is 5.91 Å². The van der Waals surface area contributed by atoms with Gasteiger partial charge in [0.2, 0.25) is 5.91 Å². The number of nitrogens with one attached hydrogen (secondary N) is 2. The Morgan fingerprint density at radius 1 is 1.50 bits per heavy atom. The van der Waals surface area contributed by atoms with Crippen LogP contribution in [0.1, 0.15) is 38.5 Å². The zero-order chi connectivity index (χ0) is 12.6. The maximum Gasteiger partial charge on any atom is 0.222 e. The van der Waals surface area contributed by atoms with Crippen LogP contribution in [0.2, 0.25) is 0 Å². The Morgan fingerprint density at radius 3 is 3.17 bits per heavy atom. The molecule has 1 saturated heterocycles. The van der Waals surface area contributed by atoms with E-state index in [2.05, 4.69) is 16.7 Å². The summed E-state index contributed by atoms with van der Waals surface area (Å²) in [6.07, 6.45) is 8.38. The topological polar surface area (TPSA) is 50.4 Å². The fraction of sp³-hybridized carbons (Fsp3) is 0.786. The van der Waals surface area contributed by atoms with E-state index in [4.69, 9.17) is 4.74 Å². The third-order valence-electron chi connectivity index (χ3n) is 3.61. The number of hydrogen-bond donors (Lipinski definition) is 2. The van der Waals surface area contributed by atoms with Gasteiger partial charge in [0.05, 0.1) is 12.5 Å². The second-order valence-electron chi connectivity index (χ2n) is 5.11. The van der Waals surface area contributed by atoms with Crippen molar-refractivity contribution in [3.63, 3.8) is 0 Å². The molecule has 0 spiro atoms. The Bertz CT molecular complexity index is 296. The summed E-state index contributed by atoms with van der Waals surface area (Å²) in [5.41, 5.74) is 1.46. The van der Waals surface area contributed by atoms with Crippen molar-refractivity contribution in [2.75, 3.05) is 26.2 Å². The molecule has 1 unspecified atom stereocenters. The highest BCUT2D eigenvalue weighted by Gasteiger charge is 2.17. The standard InChI is InChI=1S/C14H24N2O2/c17-14(11-13-3-1-2-10-18-13)16-9-6-12-4-7-15-8-5-12/h4,13,15H,1-3,5-11H2,(H,16,17). The maximum atomic E-state index is 11.7. The highest BCUT2D eigenvalue weighted by atomic mass is 16.5. The van der Waals surface area contributed by atoms with E-state index in [0.29, 0.717) is 6.42 Å². The number of rotatable bonds is 5. The zero-order valence-corrected chi connectivity index (χ0v) is 11.0. The Hall–Kier alpha value is -0.870. The van der Waals surface area contributed by atoms with Crippen LogP contribution in [0.15, 0.2) is 11.6 Å². The number of carbonyl (C=O) groups excluding carboxylic acids is 1. The SMILES string of the molecule is O=C(CC1CCCCO1)NCCC1=CCNCC1. The number of amides is 1.